The van der Waals surface area contributed by atoms with Gasteiger partial charge in [-0.2, -0.15) is 31.4 Å². The summed E-state index contributed by atoms with van der Waals surface area (Å²) >= 11 is 0. The van der Waals surface area contributed by atoms with Crippen LogP contribution in [0.25, 0.3) is 0 Å². The molecule has 0 saturated carbocycles. The van der Waals surface area contributed by atoms with Crippen molar-refractivity contribution < 1.29 is 35.9 Å². The number of nitrogens with one attached hydrogen (secondary N) is 2. The highest BCUT2D eigenvalue weighted by atomic mass is 19.4. The van der Waals surface area contributed by atoms with Gasteiger partial charge in [-0.25, -0.2) is 9.89 Å². The largest absolute Gasteiger partial charge is 0.416 e. The highest BCUT2D eigenvalue weighted by Gasteiger charge is 2.51. The molecule has 1 saturated heterocycles. The lowest BCUT2D eigenvalue weighted by atomic mass is 9.68. The van der Waals surface area contributed by atoms with Crippen molar-refractivity contribution in [3.05, 3.63) is 76.0 Å². The van der Waals surface area contributed by atoms with Gasteiger partial charge in [-0.15, -0.1) is 0 Å². The Balaban J connectivity index is 1.65. The number of hydrogen-bond acceptors (Lipinski definition) is 5. The van der Waals surface area contributed by atoms with E-state index in [0.29, 0.717) is 12.1 Å². The van der Waals surface area contributed by atoms with E-state index in [-0.39, 0.29) is 49.5 Å². The molecule has 8 nitrogen and oxygen atoms in total. The van der Waals surface area contributed by atoms with Gasteiger partial charge in [0.15, 0.2) is 0 Å². The number of allylic oxidation sites excluding steroid dienone is 3. The number of piperidine rings is 1. The number of amides is 1. The van der Waals surface area contributed by atoms with Gasteiger partial charge in [0, 0.05) is 18.0 Å². The molecule has 1 aliphatic heterocycles. The van der Waals surface area contributed by atoms with Crippen molar-refractivity contribution >= 4 is 5.91 Å². The standard InChI is InChI=1S/C26H29F6N5O3/c1-15-5-3-4-6-20(15)23(7-8-24(12-34-23,21(33)38)37-14-35-36-22(37)39)13-40-16(2)17-9-18(25(27,28)29)11-19(10-17)26(30,31)32/h3-6,9-11,14-16,20,34H,7-8,12-13H2,1-2H3,(H2,33,38)(H,36,39)/t15?,16-,20?,23-,24+/m1/s1. The predicted molar refractivity (Wildman–Crippen MR) is 132 cm³/mol. The lowest BCUT2D eigenvalue weighted by molar-refractivity contribution is -0.143. The second-order valence-electron chi connectivity index (χ2n) is 10.4. The van der Waals surface area contributed by atoms with Gasteiger partial charge in [0.05, 0.1) is 23.8 Å². The number of nitrogens with zero attached hydrogens (tertiary/aromatic N) is 2. The zero-order valence-electron chi connectivity index (χ0n) is 21.6. The molecule has 1 fully saturated rings. The van der Waals surface area contributed by atoms with Crippen molar-refractivity contribution in [1.82, 2.24) is 20.1 Å². The van der Waals surface area contributed by atoms with Crippen molar-refractivity contribution in [3.63, 3.8) is 0 Å². The number of ether oxygens (including phenoxy) is 1. The molecule has 1 amide bonds. The molecule has 4 N–H and O–H groups in total. The van der Waals surface area contributed by atoms with E-state index in [4.69, 9.17) is 10.5 Å². The van der Waals surface area contributed by atoms with Crippen LogP contribution in [0.2, 0.25) is 0 Å². The monoisotopic (exact) mass is 573 g/mol. The van der Waals surface area contributed by atoms with E-state index in [1.807, 2.05) is 31.2 Å². The van der Waals surface area contributed by atoms with Crippen LogP contribution in [0.5, 0.6) is 0 Å². The molecule has 40 heavy (non-hydrogen) atoms. The third-order valence-corrected chi connectivity index (χ3v) is 7.91. The molecule has 1 aromatic heterocycles. The number of primary amides is 1. The molecule has 0 spiro atoms. The number of aromatic nitrogens is 3. The van der Waals surface area contributed by atoms with E-state index in [1.165, 1.54) is 13.3 Å². The van der Waals surface area contributed by atoms with Gasteiger partial charge in [-0.3, -0.25) is 9.36 Å². The first-order valence-electron chi connectivity index (χ1n) is 12.5. The topological polar surface area (TPSA) is 115 Å². The quantitative estimate of drug-likeness (QED) is 0.432. The average Bonchev–Trinajstić information content (AvgIpc) is 3.32. The number of hydrogen-bond donors (Lipinski definition) is 3. The molecule has 14 heteroatoms. The molecule has 1 aromatic carbocycles. The second kappa shape index (κ2) is 10.5. The van der Waals surface area contributed by atoms with Gasteiger partial charge in [0.2, 0.25) is 5.91 Å². The average molecular weight is 574 g/mol. The number of benzene rings is 1. The minimum Gasteiger partial charge on any atom is -0.372 e. The van der Waals surface area contributed by atoms with E-state index in [2.05, 4.69) is 15.5 Å². The predicted octanol–water partition coefficient (Wildman–Crippen LogP) is 4.07. The van der Waals surface area contributed by atoms with E-state index >= 15 is 0 Å². The summed E-state index contributed by atoms with van der Waals surface area (Å²) < 4.78 is 87.5. The molecule has 2 aliphatic rings. The number of carbonyl (C=O) groups is 1. The van der Waals surface area contributed by atoms with Crippen molar-refractivity contribution in [3.8, 4) is 0 Å². The fourth-order valence-corrected chi connectivity index (χ4v) is 5.51. The Kier molecular flexibility index (Phi) is 7.80. The van der Waals surface area contributed by atoms with Crippen LogP contribution in [0.3, 0.4) is 0 Å². The zero-order valence-corrected chi connectivity index (χ0v) is 21.6. The van der Waals surface area contributed by atoms with E-state index in [9.17, 15) is 35.9 Å². The molecule has 0 bridgehead atoms. The zero-order chi connectivity index (χ0) is 29.5. The van der Waals surface area contributed by atoms with Crippen molar-refractivity contribution in [2.24, 2.45) is 17.6 Å². The fraction of sp³-hybridized carbons (Fsp3) is 0.500. The Morgan fingerprint density at radius 2 is 1.75 bits per heavy atom. The van der Waals surface area contributed by atoms with E-state index in [0.717, 1.165) is 4.57 Å². The first kappa shape index (κ1) is 29.6. The molecular weight excluding hydrogens is 544 g/mol. The summed E-state index contributed by atoms with van der Waals surface area (Å²) in [6.45, 7) is 3.14. The summed E-state index contributed by atoms with van der Waals surface area (Å²) in [6, 6.07) is 1.37. The first-order valence-corrected chi connectivity index (χ1v) is 12.5. The van der Waals surface area contributed by atoms with Gasteiger partial charge < -0.3 is 15.8 Å². The van der Waals surface area contributed by atoms with Crippen molar-refractivity contribution in [1.29, 1.82) is 0 Å². The van der Waals surface area contributed by atoms with Crippen molar-refractivity contribution in [2.75, 3.05) is 13.2 Å². The number of nitrogens with two attached hydrogens (primary N) is 1. The van der Waals surface area contributed by atoms with Crippen LogP contribution in [0.1, 0.15) is 49.5 Å². The Hall–Kier alpha value is -3.39. The molecule has 5 atom stereocenters. The third-order valence-electron chi connectivity index (χ3n) is 7.91. The molecule has 2 unspecified atom stereocenters. The van der Waals surface area contributed by atoms with Crippen LogP contribution in [0, 0.1) is 11.8 Å². The van der Waals surface area contributed by atoms with Gasteiger partial charge in [0.25, 0.3) is 0 Å². The number of alkyl halides is 6. The SMILES string of the molecule is CC1C=CC=CC1[C@]1(CO[C@H](C)c2cc(C(F)(F)F)cc(C(F)(F)F)c2)CC[C@](C(N)=O)(n2cn[nH]c2=O)CN1. The summed E-state index contributed by atoms with van der Waals surface area (Å²) in [7, 11) is 0. The number of halogens is 6. The molecule has 4 rings (SSSR count). The maximum absolute atomic E-state index is 13.4. The Labute approximate surface area is 225 Å². The molecule has 218 valence electrons. The van der Waals surface area contributed by atoms with Gasteiger partial charge in [-0.1, -0.05) is 31.2 Å². The van der Waals surface area contributed by atoms with E-state index in [1.54, 1.807) is 0 Å². The normalized spacial score (nSPS) is 28.0. The minimum absolute atomic E-state index is 0.0282. The Bertz CT molecular complexity index is 1320. The Morgan fingerprint density at radius 3 is 2.23 bits per heavy atom. The fourth-order valence-electron chi connectivity index (χ4n) is 5.51. The van der Waals surface area contributed by atoms with E-state index < -0.39 is 52.3 Å². The van der Waals surface area contributed by atoms with Gasteiger partial charge >= 0.3 is 18.0 Å². The maximum atomic E-state index is 13.4. The molecule has 2 heterocycles. The summed E-state index contributed by atoms with van der Waals surface area (Å²) in [4.78, 5) is 24.9. The first-order chi connectivity index (χ1) is 18.6. The minimum atomic E-state index is -4.99. The molecular formula is C26H29F6N5O3. The lowest BCUT2D eigenvalue weighted by Crippen LogP contribution is -2.68. The summed E-state index contributed by atoms with van der Waals surface area (Å²) in [6.07, 6.45) is -2.01. The molecule has 2 aromatic rings. The van der Waals surface area contributed by atoms with Crippen LogP contribution in [0.4, 0.5) is 26.3 Å². The van der Waals surface area contributed by atoms with Crippen LogP contribution in [-0.4, -0.2) is 39.4 Å². The summed E-state index contributed by atoms with van der Waals surface area (Å²) in [5.74, 6) is -1.01. The number of aromatic amines is 1. The maximum Gasteiger partial charge on any atom is 0.416 e. The summed E-state index contributed by atoms with van der Waals surface area (Å²) in [5.41, 5.74) is -0.368. The van der Waals surface area contributed by atoms with Crippen LogP contribution < -0.4 is 16.7 Å². The van der Waals surface area contributed by atoms with Crippen LogP contribution in [-0.2, 0) is 27.4 Å². The third kappa shape index (κ3) is 5.59. The number of carbonyl (C=O) groups excluding carboxylic acids is 1. The number of rotatable bonds is 7. The van der Waals surface area contributed by atoms with Crippen LogP contribution in [0.15, 0.2) is 53.6 Å². The molecule has 1 aliphatic carbocycles. The van der Waals surface area contributed by atoms with Crippen LogP contribution >= 0.6 is 0 Å². The van der Waals surface area contributed by atoms with Gasteiger partial charge in [-0.05, 0) is 49.4 Å². The second-order valence-corrected chi connectivity index (χ2v) is 10.4. The Morgan fingerprint density at radius 1 is 1.12 bits per heavy atom. The molecule has 0 radical (unpaired) electrons. The van der Waals surface area contributed by atoms with Crippen molar-refractivity contribution in [2.45, 2.75) is 56.2 Å². The lowest BCUT2D eigenvalue weighted by Gasteiger charge is -2.50. The highest BCUT2D eigenvalue weighted by Crippen LogP contribution is 2.42. The highest BCUT2D eigenvalue weighted by molar-refractivity contribution is 5.83. The van der Waals surface area contributed by atoms with Gasteiger partial charge in [0.1, 0.15) is 11.9 Å². The summed E-state index contributed by atoms with van der Waals surface area (Å²) in [5, 5.41) is 9.26. The number of H-pyrrole nitrogens is 1. The smallest absolute Gasteiger partial charge is 0.372 e.